The van der Waals surface area contributed by atoms with Crippen molar-refractivity contribution in [2.24, 2.45) is 5.90 Å². The van der Waals surface area contributed by atoms with Gasteiger partial charge in [0.15, 0.2) is 5.54 Å². The standard InChI is InChI=1S/C17H16FNO4S.H3NO/c18-12-1-3-13(4-2-12)23-14-5-7-15(8-6-14)24-19-17(16(20)21)9-10-22-11-17;1-2/h1-8,19H,9-11H2,(H,20,21);2H,1H2. The van der Waals surface area contributed by atoms with E-state index >= 15 is 0 Å². The summed E-state index contributed by atoms with van der Waals surface area (Å²) in [5.41, 5.74) is -1.05. The molecule has 0 amide bonds. The number of hydrogen-bond donors (Lipinski definition) is 4. The molecule has 1 heterocycles. The topological polar surface area (TPSA) is 114 Å². The van der Waals surface area contributed by atoms with Gasteiger partial charge in [-0.25, -0.2) is 15.0 Å². The van der Waals surface area contributed by atoms with E-state index in [1.165, 1.54) is 24.1 Å². The summed E-state index contributed by atoms with van der Waals surface area (Å²) in [5.74, 6) is 3.43. The predicted molar refractivity (Wildman–Crippen MR) is 93.7 cm³/mol. The maximum Gasteiger partial charge on any atom is 0.327 e. The van der Waals surface area contributed by atoms with Crippen LogP contribution in [0.5, 0.6) is 11.5 Å². The number of carbonyl (C=O) groups is 1. The van der Waals surface area contributed by atoms with Gasteiger partial charge in [-0.2, -0.15) is 0 Å². The van der Waals surface area contributed by atoms with Crippen molar-refractivity contribution in [3.05, 3.63) is 54.3 Å². The van der Waals surface area contributed by atoms with Gasteiger partial charge in [0.1, 0.15) is 17.3 Å². The lowest BCUT2D eigenvalue weighted by Gasteiger charge is -2.22. The molecule has 0 radical (unpaired) electrons. The van der Waals surface area contributed by atoms with Gasteiger partial charge in [-0.05, 0) is 60.5 Å². The highest BCUT2D eigenvalue weighted by Crippen LogP contribution is 2.28. The smallest absolute Gasteiger partial charge is 0.327 e. The molecule has 7 nitrogen and oxygen atoms in total. The van der Waals surface area contributed by atoms with Crippen LogP contribution in [0, 0.1) is 5.82 Å². The van der Waals surface area contributed by atoms with Crippen molar-refractivity contribution in [3.8, 4) is 11.5 Å². The molecule has 0 saturated carbocycles. The van der Waals surface area contributed by atoms with E-state index in [1.54, 1.807) is 24.3 Å². The van der Waals surface area contributed by atoms with Crippen molar-refractivity contribution in [2.75, 3.05) is 13.2 Å². The third-order valence-electron chi connectivity index (χ3n) is 3.67. The van der Waals surface area contributed by atoms with E-state index in [9.17, 15) is 14.3 Å². The lowest BCUT2D eigenvalue weighted by atomic mass is 10.0. The Labute approximate surface area is 154 Å². The molecule has 9 heteroatoms. The second-order valence-electron chi connectivity index (χ2n) is 5.42. The fourth-order valence-electron chi connectivity index (χ4n) is 2.23. The SMILES string of the molecule is NO.O=C(O)C1(NSc2ccc(Oc3ccc(F)cc3)cc2)CCOC1. The first-order chi connectivity index (χ1) is 12.6. The number of rotatable bonds is 6. The van der Waals surface area contributed by atoms with Crippen LogP contribution < -0.4 is 15.4 Å². The Morgan fingerprint density at radius 3 is 2.23 bits per heavy atom. The van der Waals surface area contributed by atoms with Gasteiger partial charge in [0.2, 0.25) is 0 Å². The number of ether oxygens (including phenoxy) is 2. The lowest BCUT2D eigenvalue weighted by molar-refractivity contribution is -0.143. The fraction of sp³-hybridized carbons (Fsp3) is 0.235. The van der Waals surface area contributed by atoms with Crippen LogP contribution in [0.4, 0.5) is 4.39 Å². The molecule has 0 aliphatic carbocycles. The monoisotopic (exact) mass is 382 g/mol. The summed E-state index contributed by atoms with van der Waals surface area (Å²) in [6.07, 6.45) is 0.432. The van der Waals surface area contributed by atoms with Crippen molar-refractivity contribution in [3.63, 3.8) is 0 Å². The molecule has 1 aliphatic heterocycles. The molecule has 0 bridgehead atoms. The van der Waals surface area contributed by atoms with E-state index in [1.807, 2.05) is 12.1 Å². The first-order valence-corrected chi connectivity index (χ1v) is 8.44. The third kappa shape index (κ3) is 5.16. The molecular weight excluding hydrogens is 363 g/mol. The minimum Gasteiger partial charge on any atom is -0.480 e. The number of halogens is 1. The van der Waals surface area contributed by atoms with Gasteiger partial charge in [0.05, 0.1) is 6.61 Å². The van der Waals surface area contributed by atoms with Crippen LogP contribution in [0.15, 0.2) is 53.4 Å². The van der Waals surface area contributed by atoms with Crippen LogP contribution in [-0.4, -0.2) is 35.0 Å². The number of hydrogen-bond acceptors (Lipinski definition) is 7. The summed E-state index contributed by atoms with van der Waals surface area (Å²) in [7, 11) is 0. The molecule has 1 atom stereocenters. The van der Waals surface area contributed by atoms with Gasteiger partial charge in [-0.1, -0.05) is 0 Å². The maximum atomic E-state index is 12.9. The number of benzene rings is 2. The van der Waals surface area contributed by atoms with Crippen LogP contribution in [-0.2, 0) is 9.53 Å². The average Bonchev–Trinajstić information content (AvgIpc) is 3.15. The van der Waals surface area contributed by atoms with Gasteiger partial charge < -0.3 is 19.8 Å². The summed E-state index contributed by atoms with van der Waals surface area (Å²) >= 11 is 1.25. The number of nitrogens with two attached hydrogens (primary N) is 1. The van der Waals surface area contributed by atoms with E-state index in [2.05, 4.69) is 10.6 Å². The van der Waals surface area contributed by atoms with Gasteiger partial charge in [0, 0.05) is 17.9 Å². The second-order valence-corrected chi connectivity index (χ2v) is 6.30. The van der Waals surface area contributed by atoms with Crippen molar-refractivity contribution >= 4 is 17.9 Å². The largest absolute Gasteiger partial charge is 0.480 e. The van der Waals surface area contributed by atoms with Crippen LogP contribution >= 0.6 is 11.9 Å². The molecule has 1 unspecified atom stereocenters. The Morgan fingerprint density at radius 1 is 1.15 bits per heavy atom. The van der Waals surface area contributed by atoms with E-state index in [4.69, 9.17) is 14.7 Å². The normalized spacial score (nSPS) is 18.7. The summed E-state index contributed by atoms with van der Waals surface area (Å²) in [6, 6.07) is 12.9. The Kier molecular flexibility index (Phi) is 7.37. The van der Waals surface area contributed by atoms with Crippen molar-refractivity contribution in [1.82, 2.24) is 4.72 Å². The van der Waals surface area contributed by atoms with E-state index in [0.717, 1.165) is 4.90 Å². The van der Waals surface area contributed by atoms with Crippen LogP contribution in [0.2, 0.25) is 0 Å². The van der Waals surface area contributed by atoms with E-state index in [0.29, 0.717) is 24.5 Å². The first-order valence-electron chi connectivity index (χ1n) is 7.62. The van der Waals surface area contributed by atoms with Gasteiger partial charge >= 0.3 is 5.97 Å². The number of carboxylic acids is 1. The Hall–Kier alpha value is -2.17. The summed E-state index contributed by atoms with van der Waals surface area (Å²) in [5, 5.41) is 15.9. The summed E-state index contributed by atoms with van der Waals surface area (Å²) < 4.78 is 26.7. The van der Waals surface area contributed by atoms with Crippen molar-refractivity contribution < 1.29 is 29.0 Å². The molecule has 1 saturated heterocycles. The van der Waals surface area contributed by atoms with Gasteiger partial charge in [-0.3, -0.25) is 4.79 Å². The molecule has 1 fully saturated rings. The van der Waals surface area contributed by atoms with E-state index < -0.39 is 11.5 Å². The van der Waals surface area contributed by atoms with Gasteiger partial charge in [-0.15, -0.1) is 0 Å². The molecule has 2 aromatic rings. The van der Waals surface area contributed by atoms with E-state index in [-0.39, 0.29) is 12.4 Å². The van der Waals surface area contributed by atoms with Crippen LogP contribution in [0.25, 0.3) is 0 Å². The lowest BCUT2D eigenvalue weighted by Crippen LogP contribution is -2.49. The number of carboxylic acid groups (broad SMARTS) is 1. The molecule has 1 aliphatic rings. The second kappa shape index (κ2) is 9.51. The molecule has 3 rings (SSSR count). The Balaban J connectivity index is 0.00000117. The molecular formula is C17H19FN2O5S. The molecule has 26 heavy (non-hydrogen) atoms. The number of aliphatic carboxylic acids is 1. The zero-order valence-electron chi connectivity index (χ0n) is 13.7. The predicted octanol–water partition coefficient (Wildman–Crippen LogP) is 2.79. The highest BCUT2D eigenvalue weighted by Gasteiger charge is 2.42. The summed E-state index contributed by atoms with van der Waals surface area (Å²) in [4.78, 5) is 12.3. The summed E-state index contributed by atoms with van der Waals surface area (Å²) in [6.45, 7) is 0.589. The fourth-order valence-corrected chi connectivity index (χ4v) is 3.06. The zero-order chi connectivity index (χ0) is 19.0. The minimum atomic E-state index is -1.05. The highest BCUT2D eigenvalue weighted by atomic mass is 32.2. The van der Waals surface area contributed by atoms with Crippen LogP contribution in [0.1, 0.15) is 6.42 Å². The minimum absolute atomic E-state index is 0.154. The van der Waals surface area contributed by atoms with Gasteiger partial charge in [0.25, 0.3) is 0 Å². The number of nitrogens with one attached hydrogen (secondary N) is 1. The molecule has 0 aromatic heterocycles. The maximum absolute atomic E-state index is 12.9. The van der Waals surface area contributed by atoms with Crippen molar-refractivity contribution in [2.45, 2.75) is 16.9 Å². The molecule has 0 spiro atoms. The molecule has 5 N–H and O–H groups in total. The quantitative estimate of drug-likeness (QED) is 0.445. The van der Waals surface area contributed by atoms with Crippen LogP contribution in [0.3, 0.4) is 0 Å². The average molecular weight is 382 g/mol. The zero-order valence-corrected chi connectivity index (χ0v) is 14.5. The third-order valence-corrected chi connectivity index (χ3v) is 4.67. The molecule has 2 aromatic carbocycles. The highest BCUT2D eigenvalue weighted by molar-refractivity contribution is 7.97. The molecule has 140 valence electrons. The Bertz CT molecular complexity index is 706. The Morgan fingerprint density at radius 2 is 1.73 bits per heavy atom. The first kappa shape index (κ1) is 20.1. The van der Waals surface area contributed by atoms with Crippen molar-refractivity contribution in [1.29, 1.82) is 0 Å².